The molecule has 61 heavy (non-hydrogen) atoms. The Bertz CT molecular complexity index is 2120. The molecule has 3 aliphatic heterocycles. The van der Waals surface area contributed by atoms with Crippen molar-refractivity contribution in [2.24, 2.45) is 0 Å². The zero-order valence-corrected chi connectivity index (χ0v) is 35.9. The van der Waals surface area contributed by atoms with Gasteiger partial charge in [0.15, 0.2) is 23.3 Å². The van der Waals surface area contributed by atoms with Gasteiger partial charge in [-0.3, -0.25) is 23.5 Å². The Kier molecular flexibility index (Phi) is 16.4. The van der Waals surface area contributed by atoms with Gasteiger partial charge >= 0.3 is 5.97 Å². The second-order valence-corrected chi connectivity index (χ2v) is 18.0. The third-order valence-electron chi connectivity index (χ3n) is 10.5. The van der Waals surface area contributed by atoms with Gasteiger partial charge in [0.1, 0.15) is 17.2 Å². The molecule has 0 radical (unpaired) electrons. The third kappa shape index (κ3) is 11.6. The highest BCUT2D eigenvalue weighted by molar-refractivity contribution is 8.00. The molecule has 7 rings (SSSR count). The van der Waals surface area contributed by atoms with E-state index in [1.165, 1.54) is 49.4 Å². The SMILES string of the molecule is CCCCCCCCS(=O)C(C)Cc1ccc2c(c1)OCO2.O=COC(C(=O)NC1C(=O)N2C(C(=O)OC(c3ccccc3)c3ccccc3)=C(O)CS[C@H]12)c1ccccc1. The van der Waals surface area contributed by atoms with Crippen molar-refractivity contribution in [1.82, 2.24) is 10.2 Å². The minimum Gasteiger partial charge on any atom is -0.509 e. The molecule has 4 aromatic carbocycles. The molecule has 12 nitrogen and oxygen atoms in total. The van der Waals surface area contributed by atoms with Gasteiger partial charge in [-0.25, -0.2) is 4.79 Å². The highest BCUT2D eigenvalue weighted by Gasteiger charge is 2.55. The van der Waals surface area contributed by atoms with Crippen LogP contribution in [0.1, 0.15) is 86.8 Å². The lowest BCUT2D eigenvalue weighted by Crippen LogP contribution is -2.71. The Balaban J connectivity index is 0.000000240. The van der Waals surface area contributed by atoms with Gasteiger partial charge < -0.3 is 29.4 Å². The molecular formula is C47H52N2O10S2. The van der Waals surface area contributed by atoms with Crippen molar-refractivity contribution in [3.05, 3.63) is 143 Å². The van der Waals surface area contributed by atoms with Gasteiger partial charge in [0.25, 0.3) is 18.3 Å². The van der Waals surface area contributed by atoms with E-state index in [1.54, 1.807) is 30.3 Å². The number of fused-ring (bicyclic) bond motifs is 2. The zero-order chi connectivity index (χ0) is 43.1. The van der Waals surface area contributed by atoms with Crippen LogP contribution >= 0.6 is 11.8 Å². The Morgan fingerprint density at radius 1 is 0.885 bits per heavy atom. The molecule has 4 aromatic rings. The van der Waals surface area contributed by atoms with Gasteiger partial charge in [-0.15, -0.1) is 11.8 Å². The summed E-state index contributed by atoms with van der Waals surface area (Å²) in [4.78, 5) is 51.7. The number of rotatable bonds is 19. The number of nitrogens with one attached hydrogen (secondary N) is 1. The van der Waals surface area contributed by atoms with E-state index in [0.29, 0.717) is 12.4 Å². The van der Waals surface area contributed by atoms with Gasteiger partial charge in [-0.05, 0) is 41.7 Å². The number of unbranched alkanes of at least 4 members (excludes halogenated alkanes) is 5. The van der Waals surface area contributed by atoms with Crippen molar-refractivity contribution in [3.8, 4) is 11.5 Å². The van der Waals surface area contributed by atoms with Crippen LogP contribution in [0.2, 0.25) is 0 Å². The molecule has 322 valence electrons. The number of esters is 1. The lowest BCUT2D eigenvalue weighted by molar-refractivity contribution is -0.156. The van der Waals surface area contributed by atoms with E-state index in [1.807, 2.05) is 78.9 Å². The molecule has 0 saturated carbocycles. The van der Waals surface area contributed by atoms with Crippen LogP contribution in [0.25, 0.3) is 0 Å². The van der Waals surface area contributed by atoms with Crippen LogP contribution in [0.3, 0.4) is 0 Å². The maximum atomic E-state index is 13.4. The van der Waals surface area contributed by atoms with E-state index >= 15 is 0 Å². The Morgan fingerprint density at radius 3 is 2.13 bits per heavy atom. The molecule has 4 unspecified atom stereocenters. The van der Waals surface area contributed by atoms with Crippen LogP contribution in [0, 0.1) is 0 Å². The molecule has 2 amide bonds. The number of hydrogen-bond acceptors (Lipinski definition) is 11. The average Bonchev–Trinajstić information content (AvgIpc) is 3.76. The fourth-order valence-corrected chi connectivity index (χ4v) is 9.73. The maximum absolute atomic E-state index is 13.4. The first kappa shape index (κ1) is 44.9. The summed E-state index contributed by atoms with van der Waals surface area (Å²) in [5.74, 6) is 0.0787. The number of aliphatic hydroxyl groups excluding tert-OH is 1. The number of benzene rings is 4. The van der Waals surface area contributed by atoms with Crippen LogP contribution in [-0.4, -0.2) is 73.4 Å². The topological polar surface area (TPSA) is 158 Å². The van der Waals surface area contributed by atoms with Gasteiger partial charge in [0.05, 0.1) is 5.75 Å². The largest absolute Gasteiger partial charge is 0.509 e. The molecule has 3 aliphatic rings. The molecule has 0 bridgehead atoms. The summed E-state index contributed by atoms with van der Waals surface area (Å²) in [5.41, 5.74) is 2.81. The number of β-lactam (4-membered cyclic amide) rings is 1. The Labute approximate surface area is 363 Å². The first-order chi connectivity index (χ1) is 29.7. The predicted molar refractivity (Wildman–Crippen MR) is 234 cm³/mol. The maximum Gasteiger partial charge on any atom is 0.359 e. The van der Waals surface area contributed by atoms with Crippen molar-refractivity contribution in [1.29, 1.82) is 0 Å². The van der Waals surface area contributed by atoms with E-state index in [-0.39, 0.29) is 28.9 Å². The summed E-state index contributed by atoms with van der Waals surface area (Å²) in [6, 6.07) is 31.7. The normalized spacial score (nSPS) is 17.8. The molecule has 2 N–H and O–H groups in total. The molecule has 5 atom stereocenters. The van der Waals surface area contributed by atoms with Gasteiger partial charge in [0, 0.05) is 27.4 Å². The van der Waals surface area contributed by atoms with Gasteiger partial charge in [-0.1, -0.05) is 143 Å². The van der Waals surface area contributed by atoms with Crippen molar-refractivity contribution in [2.45, 2.75) is 87.7 Å². The van der Waals surface area contributed by atoms with Crippen LogP contribution in [-0.2, 0) is 45.9 Å². The first-order valence-electron chi connectivity index (χ1n) is 20.6. The van der Waals surface area contributed by atoms with Crippen molar-refractivity contribution < 1.29 is 47.4 Å². The highest BCUT2D eigenvalue weighted by Crippen LogP contribution is 2.41. The minimum atomic E-state index is -1.25. The van der Waals surface area contributed by atoms with Crippen LogP contribution in [0.5, 0.6) is 11.5 Å². The molecule has 0 aromatic heterocycles. The monoisotopic (exact) mass is 868 g/mol. The van der Waals surface area contributed by atoms with E-state index in [0.717, 1.165) is 46.1 Å². The van der Waals surface area contributed by atoms with E-state index in [9.17, 15) is 28.5 Å². The minimum absolute atomic E-state index is 0.0412. The van der Waals surface area contributed by atoms with Crippen molar-refractivity contribution in [2.75, 3.05) is 18.3 Å². The number of hydrogen-bond donors (Lipinski definition) is 2. The predicted octanol–water partition coefficient (Wildman–Crippen LogP) is 7.86. The zero-order valence-electron chi connectivity index (χ0n) is 34.3. The second kappa shape index (κ2) is 22.3. The average molecular weight is 869 g/mol. The summed E-state index contributed by atoms with van der Waals surface area (Å²) in [5, 5.41) is 12.8. The molecule has 1 saturated heterocycles. The molecule has 0 spiro atoms. The summed E-state index contributed by atoms with van der Waals surface area (Å²) >= 11 is 1.19. The summed E-state index contributed by atoms with van der Waals surface area (Å²) < 4.78 is 33.9. The summed E-state index contributed by atoms with van der Waals surface area (Å²) in [6.45, 7) is 4.79. The Morgan fingerprint density at radius 2 is 1.49 bits per heavy atom. The lowest BCUT2D eigenvalue weighted by Gasteiger charge is -2.49. The van der Waals surface area contributed by atoms with Crippen LogP contribution in [0.15, 0.2) is 121 Å². The van der Waals surface area contributed by atoms with Gasteiger partial charge in [0.2, 0.25) is 12.9 Å². The van der Waals surface area contributed by atoms with E-state index in [4.69, 9.17) is 18.9 Å². The number of ether oxygens (including phenoxy) is 4. The number of carbonyl (C=O) groups excluding carboxylic acids is 4. The molecule has 14 heteroatoms. The number of thioether (sulfide) groups is 1. The van der Waals surface area contributed by atoms with E-state index < -0.39 is 52.2 Å². The molecule has 0 aliphatic carbocycles. The smallest absolute Gasteiger partial charge is 0.359 e. The van der Waals surface area contributed by atoms with Crippen LogP contribution < -0.4 is 14.8 Å². The number of nitrogens with zero attached hydrogens (tertiary/aromatic N) is 1. The summed E-state index contributed by atoms with van der Waals surface area (Å²) in [6.07, 6.45) is 6.31. The van der Waals surface area contributed by atoms with Gasteiger partial charge in [-0.2, -0.15) is 0 Å². The molecule has 1 fully saturated rings. The van der Waals surface area contributed by atoms with Crippen molar-refractivity contribution in [3.63, 3.8) is 0 Å². The number of amides is 2. The molecular weight excluding hydrogens is 817 g/mol. The number of aliphatic hydroxyl groups is 1. The first-order valence-corrected chi connectivity index (χ1v) is 23.0. The standard InChI is InChI=1S/C29H24N2O7S.C18H28O3S/c32-17-37-25(20-14-8-3-9-15-20)26(34)30-22-27(35)31-23(21(33)16-39-28(22)31)29(36)38-24(18-10-4-1-5-11-18)19-12-6-2-7-13-19;1-3-4-5-6-7-8-11-22(19)15(2)12-16-9-10-17-18(13-16)21-14-20-17/h1-15,17,22,24-25,28,33H,16H2,(H,30,34);9-10,13,15H,3-8,11-12,14H2,1-2H3/t22?,25?,28-;/m1./s1. The van der Waals surface area contributed by atoms with Crippen LogP contribution in [0.4, 0.5) is 0 Å². The van der Waals surface area contributed by atoms with Crippen molar-refractivity contribution >= 4 is 46.8 Å². The third-order valence-corrected chi connectivity index (χ3v) is 13.5. The second-order valence-electron chi connectivity index (χ2n) is 14.9. The van der Waals surface area contributed by atoms with E-state index in [2.05, 4.69) is 19.2 Å². The lowest BCUT2D eigenvalue weighted by atomic mass is 10.0. The highest BCUT2D eigenvalue weighted by atomic mass is 32.2. The number of carbonyl (C=O) groups is 4. The Hall–Kier alpha value is -5.60. The fourth-order valence-electron chi connectivity index (χ4n) is 7.26. The fraction of sp³-hybridized carbons (Fsp3) is 0.362. The quantitative estimate of drug-likeness (QED) is 0.0409. The summed E-state index contributed by atoms with van der Waals surface area (Å²) in [7, 11) is -0.743. The molecule has 3 heterocycles.